The molecule has 9 heteroatoms. The van der Waals surface area contributed by atoms with Crippen molar-refractivity contribution in [2.24, 2.45) is 0 Å². The summed E-state index contributed by atoms with van der Waals surface area (Å²) in [6.07, 6.45) is 1.35. The van der Waals surface area contributed by atoms with Crippen LogP contribution in [0.3, 0.4) is 0 Å². The summed E-state index contributed by atoms with van der Waals surface area (Å²) in [5, 5.41) is 2.45. The van der Waals surface area contributed by atoms with Gasteiger partial charge in [-0.3, -0.25) is 14.9 Å². The van der Waals surface area contributed by atoms with Gasteiger partial charge in [0.15, 0.2) is 11.5 Å². The molecule has 2 aromatic carbocycles. The molecule has 1 saturated heterocycles. The van der Waals surface area contributed by atoms with E-state index in [9.17, 15) is 14.4 Å². The lowest BCUT2D eigenvalue weighted by atomic mass is 10.1. The summed E-state index contributed by atoms with van der Waals surface area (Å²) in [7, 11) is 1.51. The maximum absolute atomic E-state index is 13.0. The molecule has 0 aliphatic carbocycles. The molecular formula is C22H21ClN2O6. The van der Waals surface area contributed by atoms with Gasteiger partial charge in [0.25, 0.3) is 11.8 Å². The Kier molecular flexibility index (Phi) is 6.81. The molecule has 0 atom stereocenters. The Balaban J connectivity index is 2.01. The van der Waals surface area contributed by atoms with E-state index in [1.54, 1.807) is 36.4 Å². The minimum Gasteiger partial charge on any atom is -0.497 e. The number of amides is 4. The molecule has 1 fully saturated rings. The third-order valence-corrected chi connectivity index (χ3v) is 4.64. The van der Waals surface area contributed by atoms with Gasteiger partial charge in [0.2, 0.25) is 0 Å². The fourth-order valence-electron chi connectivity index (χ4n) is 3.01. The Bertz CT molecular complexity index is 1050. The van der Waals surface area contributed by atoms with Gasteiger partial charge in [0.05, 0.1) is 31.0 Å². The number of hydrogen-bond acceptors (Lipinski definition) is 6. The molecule has 0 bridgehead atoms. The van der Waals surface area contributed by atoms with E-state index in [1.807, 2.05) is 13.8 Å². The van der Waals surface area contributed by atoms with E-state index in [0.717, 1.165) is 4.90 Å². The number of hydrogen-bond donors (Lipinski definition) is 1. The van der Waals surface area contributed by atoms with E-state index >= 15 is 0 Å². The summed E-state index contributed by atoms with van der Waals surface area (Å²) in [5.41, 5.74) is 0.513. The Labute approximate surface area is 184 Å². The highest BCUT2D eigenvalue weighted by Crippen LogP contribution is 2.37. The number of methoxy groups -OCH3 is 1. The van der Waals surface area contributed by atoms with Crippen LogP contribution >= 0.6 is 11.6 Å². The number of carbonyl (C=O) groups is 3. The first-order valence-electron chi connectivity index (χ1n) is 9.54. The van der Waals surface area contributed by atoms with Gasteiger partial charge in [-0.05, 0) is 61.9 Å². The highest BCUT2D eigenvalue weighted by Gasteiger charge is 2.36. The van der Waals surface area contributed by atoms with Crippen LogP contribution in [0.1, 0.15) is 19.4 Å². The van der Waals surface area contributed by atoms with Crippen LogP contribution in [0.15, 0.2) is 42.0 Å². The molecule has 0 radical (unpaired) electrons. The highest BCUT2D eigenvalue weighted by atomic mass is 35.5. The zero-order chi connectivity index (χ0) is 22.5. The summed E-state index contributed by atoms with van der Waals surface area (Å²) in [4.78, 5) is 38.6. The summed E-state index contributed by atoms with van der Waals surface area (Å²) in [5.74, 6) is -0.240. The fraction of sp³-hybridized carbons (Fsp3) is 0.227. The number of halogens is 1. The standard InChI is InChI=1S/C22H21ClN2O6/c1-4-30-18-12-13(11-17(23)19(18)31-5-2)10-16-20(26)24-22(28)25(21(16)27)14-6-8-15(29-3)9-7-14/h6-12H,4-5H2,1-3H3,(H,24,26,28)/b16-10+. The average Bonchev–Trinajstić information content (AvgIpc) is 2.74. The zero-order valence-corrected chi connectivity index (χ0v) is 18.0. The van der Waals surface area contributed by atoms with Crippen LogP contribution in [0, 0.1) is 0 Å². The first-order chi connectivity index (χ1) is 14.9. The molecule has 8 nitrogen and oxygen atoms in total. The lowest BCUT2D eigenvalue weighted by Crippen LogP contribution is -2.54. The summed E-state index contributed by atoms with van der Waals surface area (Å²) >= 11 is 6.32. The number of urea groups is 1. The molecule has 31 heavy (non-hydrogen) atoms. The normalized spacial score (nSPS) is 15.2. The average molecular weight is 445 g/mol. The third kappa shape index (κ3) is 4.64. The van der Waals surface area contributed by atoms with Crippen molar-refractivity contribution in [2.75, 3.05) is 25.2 Å². The van der Waals surface area contributed by atoms with E-state index < -0.39 is 17.8 Å². The Hall–Kier alpha value is -3.52. The molecule has 0 unspecified atom stereocenters. The fourth-order valence-corrected chi connectivity index (χ4v) is 3.28. The van der Waals surface area contributed by atoms with Crippen molar-refractivity contribution in [1.29, 1.82) is 0 Å². The maximum Gasteiger partial charge on any atom is 0.335 e. The second kappa shape index (κ2) is 9.53. The summed E-state index contributed by atoms with van der Waals surface area (Å²) < 4.78 is 16.2. The number of anilines is 1. The number of nitrogens with zero attached hydrogens (tertiary/aromatic N) is 1. The van der Waals surface area contributed by atoms with Crippen LogP contribution in [0.25, 0.3) is 6.08 Å². The van der Waals surface area contributed by atoms with Crippen LogP contribution in [-0.2, 0) is 9.59 Å². The number of barbiturate groups is 1. The molecule has 1 aliphatic rings. The van der Waals surface area contributed by atoms with Crippen LogP contribution in [-0.4, -0.2) is 38.2 Å². The number of nitrogens with one attached hydrogen (secondary N) is 1. The largest absolute Gasteiger partial charge is 0.497 e. The molecule has 1 N–H and O–H groups in total. The van der Waals surface area contributed by atoms with Crippen molar-refractivity contribution < 1.29 is 28.6 Å². The molecule has 2 aromatic rings. The van der Waals surface area contributed by atoms with Gasteiger partial charge >= 0.3 is 6.03 Å². The van der Waals surface area contributed by atoms with Crippen molar-refractivity contribution in [1.82, 2.24) is 5.32 Å². The molecule has 0 saturated carbocycles. The maximum atomic E-state index is 13.0. The first-order valence-corrected chi connectivity index (χ1v) is 9.92. The third-order valence-electron chi connectivity index (χ3n) is 4.36. The molecule has 3 rings (SSSR count). The highest BCUT2D eigenvalue weighted by molar-refractivity contribution is 6.39. The molecule has 1 heterocycles. The SMILES string of the molecule is CCOc1cc(/C=C2\C(=O)NC(=O)N(c3ccc(OC)cc3)C2=O)cc(Cl)c1OCC. The van der Waals surface area contributed by atoms with E-state index in [0.29, 0.717) is 41.7 Å². The van der Waals surface area contributed by atoms with Gasteiger partial charge in [-0.15, -0.1) is 0 Å². The number of rotatable bonds is 7. The second-order valence-electron chi connectivity index (χ2n) is 6.35. The lowest BCUT2D eigenvalue weighted by Gasteiger charge is -2.26. The predicted molar refractivity (Wildman–Crippen MR) is 116 cm³/mol. The van der Waals surface area contributed by atoms with Crippen LogP contribution in [0.2, 0.25) is 5.02 Å². The van der Waals surface area contributed by atoms with Crippen molar-refractivity contribution in [3.05, 3.63) is 52.6 Å². The zero-order valence-electron chi connectivity index (χ0n) is 17.2. The molecule has 162 valence electrons. The van der Waals surface area contributed by atoms with Gasteiger partial charge in [-0.2, -0.15) is 0 Å². The van der Waals surface area contributed by atoms with Gasteiger partial charge in [0, 0.05) is 0 Å². The molecule has 0 aromatic heterocycles. The van der Waals surface area contributed by atoms with E-state index in [4.69, 9.17) is 25.8 Å². The minimum absolute atomic E-state index is 0.224. The van der Waals surface area contributed by atoms with Crippen molar-refractivity contribution in [3.8, 4) is 17.2 Å². The van der Waals surface area contributed by atoms with Gasteiger partial charge < -0.3 is 14.2 Å². The van der Waals surface area contributed by atoms with E-state index in [-0.39, 0.29) is 10.6 Å². The number of ether oxygens (including phenoxy) is 3. The monoisotopic (exact) mass is 444 g/mol. The quantitative estimate of drug-likeness (QED) is 0.515. The van der Waals surface area contributed by atoms with Gasteiger partial charge in [-0.1, -0.05) is 11.6 Å². The van der Waals surface area contributed by atoms with Crippen LogP contribution < -0.4 is 24.4 Å². The van der Waals surface area contributed by atoms with Crippen molar-refractivity contribution >= 4 is 41.2 Å². The van der Waals surface area contributed by atoms with Crippen LogP contribution in [0.5, 0.6) is 17.2 Å². The van der Waals surface area contributed by atoms with E-state index in [2.05, 4.69) is 5.32 Å². The van der Waals surface area contributed by atoms with Gasteiger partial charge in [-0.25, -0.2) is 9.69 Å². The molecular weight excluding hydrogens is 424 g/mol. The van der Waals surface area contributed by atoms with Crippen LogP contribution in [0.4, 0.5) is 10.5 Å². The minimum atomic E-state index is -0.836. The number of carbonyl (C=O) groups excluding carboxylic acids is 3. The smallest absolute Gasteiger partial charge is 0.335 e. The Morgan fingerprint density at radius 1 is 1.03 bits per heavy atom. The molecule has 4 amide bonds. The first kappa shape index (κ1) is 22.2. The van der Waals surface area contributed by atoms with E-state index in [1.165, 1.54) is 13.2 Å². The number of imide groups is 2. The topological polar surface area (TPSA) is 94.2 Å². The Morgan fingerprint density at radius 3 is 2.32 bits per heavy atom. The van der Waals surface area contributed by atoms with Crippen molar-refractivity contribution in [3.63, 3.8) is 0 Å². The summed E-state index contributed by atoms with van der Waals surface area (Å²) in [6.45, 7) is 4.39. The van der Waals surface area contributed by atoms with Gasteiger partial charge in [0.1, 0.15) is 11.3 Å². The Morgan fingerprint density at radius 2 is 1.71 bits per heavy atom. The number of benzene rings is 2. The molecule has 0 spiro atoms. The summed E-state index contributed by atoms with van der Waals surface area (Å²) in [6, 6.07) is 8.64. The lowest BCUT2D eigenvalue weighted by molar-refractivity contribution is -0.122. The van der Waals surface area contributed by atoms with Crippen molar-refractivity contribution in [2.45, 2.75) is 13.8 Å². The second-order valence-corrected chi connectivity index (χ2v) is 6.76. The predicted octanol–water partition coefficient (Wildman–Crippen LogP) is 3.81. The molecule has 1 aliphatic heterocycles.